The molecule has 3 rings (SSSR count). The lowest BCUT2D eigenvalue weighted by molar-refractivity contribution is 0.0384. The number of likely N-dealkylation sites (tertiary alicyclic amines) is 1. The van der Waals surface area contributed by atoms with Crippen LogP contribution in [0, 0.1) is 0 Å². The molecule has 0 aliphatic carbocycles. The van der Waals surface area contributed by atoms with Gasteiger partial charge >= 0.3 is 6.03 Å². The van der Waals surface area contributed by atoms with Gasteiger partial charge < -0.3 is 14.5 Å². The summed E-state index contributed by atoms with van der Waals surface area (Å²) in [4.78, 5) is 18.7. The van der Waals surface area contributed by atoms with Crippen molar-refractivity contribution in [3.05, 3.63) is 5.01 Å². The zero-order chi connectivity index (χ0) is 16.9. The molecule has 0 bridgehead atoms. The number of hydrogen-bond donors (Lipinski definition) is 1. The van der Waals surface area contributed by atoms with E-state index in [4.69, 9.17) is 4.74 Å². The number of morpholine rings is 1. The highest BCUT2D eigenvalue weighted by Gasteiger charge is 2.26. The molecule has 2 amide bonds. The minimum atomic E-state index is -0.105. The van der Waals surface area contributed by atoms with Gasteiger partial charge in [-0.05, 0) is 20.0 Å². The van der Waals surface area contributed by atoms with Crippen molar-refractivity contribution in [1.82, 2.24) is 24.9 Å². The fourth-order valence-corrected chi connectivity index (χ4v) is 3.78. The molecular formula is C15H26N6O2S. The highest BCUT2D eigenvalue weighted by molar-refractivity contribution is 7.15. The van der Waals surface area contributed by atoms with Gasteiger partial charge in [-0.2, -0.15) is 0 Å². The first-order chi connectivity index (χ1) is 11.6. The van der Waals surface area contributed by atoms with Gasteiger partial charge in [-0.3, -0.25) is 10.2 Å². The van der Waals surface area contributed by atoms with Crippen molar-refractivity contribution in [2.75, 3.05) is 65.3 Å². The van der Waals surface area contributed by atoms with E-state index >= 15 is 0 Å². The Morgan fingerprint density at radius 2 is 2.17 bits per heavy atom. The van der Waals surface area contributed by atoms with Crippen molar-refractivity contribution in [1.29, 1.82) is 0 Å². The van der Waals surface area contributed by atoms with Gasteiger partial charge in [0.25, 0.3) is 0 Å². The van der Waals surface area contributed by atoms with Gasteiger partial charge in [-0.1, -0.05) is 11.3 Å². The van der Waals surface area contributed by atoms with Crippen LogP contribution in [-0.2, 0) is 11.2 Å². The van der Waals surface area contributed by atoms with Gasteiger partial charge in [-0.25, -0.2) is 4.79 Å². The van der Waals surface area contributed by atoms with Crippen molar-refractivity contribution in [3.63, 3.8) is 0 Å². The highest BCUT2D eigenvalue weighted by atomic mass is 32.1. The van der Waals surface area contributed by atoms with Crippen LogP contribution in [0.1, 0.15) is 11.4 Å². The SMILES string of the molecule is CN1CCC(N(C)C(=O)Nc2nnc(CCN3CCOCC3)s2)C1. The Kier molecular flexibility index (Phi) is 5.99. The molecule has 2 aliphatic heterocycles. The quantitative estimate of drug-likeness (QED) is 0.834. The molecule has 9 heteroatoms. The molecule has 2 fully saturated rings. The number of urea groups is 1. The van der Waals surface area contributed by atoms with Crippen molar-refractivity contribution >= 4 is 22.5 Å². The first kappa shape index (κ1) is 17.5. The summed E-state index contributed by atoms with van der Waals surface area (Å²) in [7, 11) is 3.93. The molecule has 8 nitrogen and oxygen atoms in total. The molecule has 1 unspecified atom stereocenters. The molecule has 0 spiro atoms. The number of nitrogens with zero attached hydrogens (tertiary/aromatic N) is 5. The fraction of sp³-hybridized carbons (Fsp3) is 0.800. The third-order valence-electron chi connectivity index (χ3n) is 4.66. The van der Waals surface area contributed by atoms with Crippen LogP contribution in [0.5, 0.6) is 0 Å². The van der Waals surface area contributed by atoms with Crippen LogP contribution in [0.4, 0.5) is 9.93 Å². The number of nitrogens with one attached hydrogen (secondary N) is 1. The van der Waals surface area contributed by atoms with Crippen LogP contribution in [0.2, 0.25) is 0 Å². The van der Waals surface area contributed by atoms with E-state index in [-0.39, 0.29) is 12.1 Å². The number of rotatable bonds is 5. The van der Waals surface area contributed by atoms with E-state index in [0.717, 1.165) is 63.8 Å². The molecule has 3 heterocycles. The van der Waals surface area contributed by atoms with E-state index in [1.165, 1.54) is 11.3 Å². The third-order valence-corrected chi connectivity index (χ3v) is 5.56. The summed E-state index contributed by atoms with van der Waals surface area (Å²) in [5.74, 6) is 0. The van der Waals surface area contributed by atoms with E-state index in [0.29, 0.717) is 5.13 Å². The van der Waals surface area contributed by atoms with Gasteiger partial charge in [0.2, 0.25) is 5.13 Å². The molecule has 134 valence electrons. The Morgan fingerprint density at radius 1 is 1.38 bits per heavy atom. The summed E-state index contributed by atoms with van der Waals surface area (Å²) in [6, 6.07) is 0.162. The molecule has 2 saturated heterocycles. The summed E-state index contributed by atoms with van der Waals surface area (Å²) in [5.41, 5.74) is 0. The number of anilines is 1. The van der Waals surface area contributed by atoms with Gasteiger partial charge in [0, 0.05) is 45.7 Å². The Hall–Kier alpha value is -1.29. The topological polar surface area (TPSA) is 73.8 Å². The lowest BCUT2D eigenvalue weighted by atomic mass is 10.2. The average Bonchev–Trinajstić information content (AvgIpc) is 3.22. The standard InChI is InChI=1S/C15H26N6O2S/c1-19-5-3-12(11-19)20(2)15(22)16-14-18-17-13(24-14)4-6-21-7-9-23-10-8-21/h12H,3-11H2,1-2H3,(H,16,18,22). The minimum absolute atomic E-state index is 0.105. The maximum atomic E-state index is 12.3. The van der Waals surface area contributed by atoms with Crippen LogP contribution in [-0.4, -0.2) is 97.0 Å². The van der Waals surface area contributed by atoms with E-state index in [1.807, 2.05) is 7.05 Å². The van der Waals surface area contributed by atoms with Crippen LogP contribution in [0.25, 0.3) is 0 Å². The van der Waals surface area contributed by atoms with Gasteiger partial charge in [0.05, 0.1) is 13.2 Å². The normalized spacial score (nSPS) is 22.7. The van der Waals surface area contributed by atoms with Crippen LogP contribution in [0.15, 0.2) is 0 Å². The second kappa shape index (κ2) is 8.19. The number of carbonyl (C=O) groups excluding carboxylic acids is 1. The molecule has 1 N–H and O–H groups in total. The van der Waals surface area contributed by atoms with E-state index < -0.39 is 0 Å². The van der Waals surface area contributed by atoms with Crippen LogP contribution >= 0.6 is 11.3 Å². The monoisotopic (exact) mass is 354 g/mol. The Morgan fingerprint density at radius 3 is 2.88 bits per heavy atom. The lowest BCUT2D eigenvalue weighted by Gasteiger charge is -2.25. The van der Waals surface area contributed by atoms with Gasteiger partial charge in [-0.15, -0.1) is 10.2 Å². The maximum absolute atomic E-state index is 12.3. The number of aromatic nitrogens is 2. The number of likely N-dealkylation sites (N-methyl/N-ethyl adjacent to an activating group) is 2. The zero-order valence-corrected chi connectivity index (χ0v) is 15.2. The number of carbonyl (C=O) groups is 1. The van der Waals surface area contributed by atoms with E-state index in [2.05, 4.69) is 32.4 Å². The maximum Gasteiger partial charge on any atom is 0.323 e. The average molecular weight is 354 g/mol. The molecular weight excluding hydrogens is 328 g/mol. The van der Waals surface area contributed by atoms with Crippen LogP contribution < -0.4 is 5.32 Å². The summed E-state index contributed by atoms with van der Waals surface area (Å²) in [6.07, 6.45) is 1.87. The molecule has 1 atom stereocenters. The van der Waals surface area contributed by atoms with Gasteiger partial charge in [0.1, 0.15) is 5.01 Å². The third kappa shape index (κ3) is 4.62. The molecule has 0 aromatic carbocycles. The second-order valence-electron chi connectivity index (χ2n) is 6.45. The summed E-state index contributed by atoms with van der Waals surface area (Å²) in [5, 5.41) is 12.7. The summed E-state index contributed by atoms with van der Waals surface area (Å²) < 4.78 is 5.35. The van der Waals surface area contributed by atoms with Crippen molar-refractivity contribution in [2.24, 2.45) is 0 Å². The summed E-state index contributed by atoms with van der Waals surface area (Å²) in [6.45, 7) is 6.48. The highest BCUT2D eigenvalue weighted by Crippen LogP contribution is 2.18. The Bertz CT molecular complexity index is 548. The first-order valence-electron chi connectivity index (χ1n) is 8.46. The predicted molar refractivity (Wildman–Crippen MR) is 93.6 cm³/mol. The van der Waals surface area contributed by atoms with Crippen molar-refractivity contribution in [3.8, 4) is 0 Å². The number of amides is 2. The molecule has 0 saturated carbocycles. The predicted octanol–water partition coefficient (Wildman–Crippen LogP) is 0.581. The molecule has 2 aliphatic rings. The molecule has 0 radical (unpaired) electrons. The Labute approximate surface area is 146 Å². The minimum Gasteiger partial charge on any atom is -0.379 e. The largest absolute Gasteiger partial charge is 0.379 e. The number of hydrogen-bond acceptors (Lipinski definition) is 7. The second-order valence-corrected chi connectivity index (χ2v) is 7.51. The van der Waals surface area contributed by atoms with Crippen molar-refractivity contribution < 1.29 is 9.53 Å². The van der Waals surface area contributed by atoms with Crippen LogP contribution in [0.3, 0.4) is 0 Å². The number of ether oxygens (including phenoxy) is 1. The lowest BCUT2D eigenvalue weighted by Crippen LogP contribution is -2.41. The molecule has 24 heavy (non-hydrogen) atoms. The smallest absolute Gasteiger partial charge is 0.323 e. The zero-order valence-electron chi connectivity index (χ0n) is 14.4. The molecule has 1 aromatic heterocycles. The first-order valence-corrected chi connectivity index (χ1v) is 9.28. The van der Waals surface area contributed by atoms with Crippen molar-refractivity contribution in [2.45, 2.75) is 18.9 Å². The van der Waals surface area contributed by atoms with Gasteiger partial charge in [0.15, 0.2) is 0 Å². The Balaban J connectivity index is 1.45. The fourth-order valence-electron chi connectivity index (χ4n) is 3.06. The van der Waals surface area contributed by atoms with E-state index in [9.17, 15) is 4.79 Å². The molecule has 1 aromatic rings. The van der Waals surface area contributed by atoms with E-state index in [1.54, 1.807) is 4.90 Å². The summed E-state index contributed by atoms with van der Waals surface area (Å²) >= 11 is 1.46.